The van der Waals surface area contributed by atoms with Gasteiger partial charge >= 0.3 is 0 Å². The molecule has 0 aliphatic carbocycles. The molecule has 118 valence electrons. The quantitative estimate of drug-likeness (QED) is 0.929. The minimum absolute atomic E-state index is 0. The van der Waals surface area contributed by atoms with Crippen molar-refractivity contribution in [1.82, 2.24) is 4.90 Å². The summed E-state index contributed by atoms with van der Waals surface area (Å²) in [6, 6.07) is 10.3. The van der Waals surface area contributed by atoms with Gasteiger partial charge in [0, 0.05) is 13.1 Å². The molecule has 4 heteroatoms. The number of amides is 1. The molecule has 1 unspecified atom stereocenters. The Morgan fingerprint density at radius 3 is 2.33 bits per heavy atom. The van der Waals surface area contributed by atoms with E-state index in [9.17, 15) is 4.79 Å². The number of carbonyl (C=O) groups is 1. The lowest BCUT2D eigenvalue weighted by Gasteiger charge is -2.34. The summed E-state index contributed by atoms with van der Waals surface area (Å²) in [4.78, 5) is 14.2. The van der Waals surface area contributed by atoms with Crippen LogP contribution in [0.1, 0.15) is 32.3 Å². The fraction of sp³-hybridized carbons (Fsp3) is 0.588. The Bertz CT molecular complexity index is 428. The minimum Gasteiger partial charge on any atom is -0.341 e. The molecule has 1 aliphatic heterocycles. The van der Waals surface area contributed by atoms with Crippen molar-refractivity contribution in [3.63, 3.8) is 0 Å². The molecule has 1 saturated heterocycles. The van der Waals surface area contributed by atoms with Crippen LogP contribution in [0.4, 0.5) is 0 Å². The van der Waals surface area contributed by atoms with Gasteiger partial charge in [-0.3, -0.25) is 4.79 Å². The predicted octanol–water partition coefficient (Wildman–Crippen LogP) is 2.87. The van der Waals surface area contributed by atoms with Gasteiger partial charge in [-0.15, -0.1) is 12.4 Å². The molecule has 1 heterocycles. The highest BCUT2D eigenvalue weighted by Gasteiger charge is 2.27. The molecule has 0 bridgehead atoms. The molecule has 0 aromatic heterocycles. The van der Waals surface area contributed by atoms with Crippen molar-refractivity contribution in [3.8, 4) is 0 Å². The molecular formula is C17H27ClN2O. The van der Waals surface area contributed by atoms with Crippen LogP contribution in [0, 0.1) is 11.8 Å². The lowest BCUT2D eigenvalue weighted by molar-refractivity contribution is -0.134. The second-order valence-electron chi connectivity index (χ2n) is 6.23. The van der Waals surface area contributed by atoms with E-state index < -0.39 is 0 Å². The molecular weight excluding hydrogens is 284 g/mol. The van der Waals surface area contributed by atoms with E-state index in [0.29, 0.717) is 5.92 Å². The number of piperidine rings is 1. The monoisotopic (exact) mass is 310 g/mol. The van der Waals surface area contributed by atoms with Crippen LogP contribution in [0.5, 0.6) is 0 Å². The Labute approximate surface area is 134 Å². The molecule has 1 aromatic carbocycles. The van der Waals surface area contributed by atoms with E-state index in [1.54, 1.807) is 0 Å². The first-order valence-corrected chi connectivity index (χ1v) is 7.66. The van der Waals surface area contributed by atoms with Crippen LogP contribution in [0.15, 0.2) is 30.3 Å². The zero-order valence-electron chi connectivity index (χ0n) is 13.0. The van der Waals surface area contributed by atoms with Gasteiger partial charge in [0.05, 0.1) is 6.04 Å². The van der Waals surface area contributed by atoms with Crippen LogP contribution >= 0.6 is 12.4 Å². The standard InChI is InChI=1S/C17H26N2O.ClH/c1-13(2)16(18)17(20)19-10-8-15(9-11-19)12-14-6-4-3-5-7-14;/h3-7,13,15-16H,8-12,18H2,1-2H3;1H. The summed E-state index contributed by atoms with van der Waals surface area (Å²) in [6.45, 7) is 5.73. The van der Waals surface area contributed by atoms with Gasteiger partial charge in [-0.05, 0) is 36.7 Å². The molecule has 2 rings (SSSR count). The summed E-state index contributed by atoms with van der Waals surface area (Å²) in [6.07, 6.45) is 3.30. The number of likely N-dealkylation sites (tertiary alicyclic amines) is 1. The van der Waals surface area contributed by atoms with Crippen LogP contribution in [0.2, 0.25) is 0 Å². The predicted molar refractivity (Wildman–Crippen MR) is 89.5 cm³/mol. The highest BCUT2D eigenvalue weighted by Crippen LogP contribution is 2.22. The Hall–Kier alpha value is -1.06. The number of nitrogens with zero attached hydrogens (tertiary/aromatic N) is 1. The number of rotatable bonds is 4. The minimum atomic E-state index is -0.347. The van der Waals surface area contributed by atoms with Crippen LogP contribution in [0.25, 0.3) is 0 Å². The van der Waals surface area contributed by atoms with Gasteiger partial charge in [-0.25, -0.2) is 0 Å². The molecule has 1 aromatic rings. The highest BCUT2D eigenvalue weighted by atomic mass is 35.5. The third-order valence-corrected chi connectivity index (χ3v) is 4.30. The fourth-order valence-electron chi connectivity index (χ4n) is 2.80. The molecule has 0 radical (unpaired) electrons. The normalized spacial score (nSPS) is 17.4. The summed E-state index contributed by atoms with van der Waals surface area (Å²) in [5.74, 6) is 1.03. The zero-order chi connectivity index (χ0) is 14.5. The smallest absolute Gasteiger partial charge is 0.239 e. The molecule has 1 atom stereocenters. The molecule has 21 heavy (non-hydrogen) atoms. The zero-order valence-corrected chi connectivity index (χ0v) is 13.8. The van der Waals surface area contributed by atoms with Crippen molar-refractivity contribution in [3.05, 3.63) is 35.9 Å². The van der Waals surface area contributed by atoms with Gasteiger partial charge < -0.3 is 10.6 Å². The molecule has 3 nitrogen and oxygen atoms in total. The maximum atomic E-state index is 12.2. The number of halogens is 1. The van der Waals surface area contributed by atoms with Crippen molar-refractivity contribution in [1.29, 1.82) is 0 Å². The topological polar surface area (TPSA) is 46.3 Å². The van der Waals surface area contributed by atoms with Crippen molar-refractivity contribution < 1.29 is 4.79 Å². The SMILES string of the molecule is CC(C)C(N)C(=O)N1CCC(Cc2ccccc2)CC1.Cl. The number of benzene rings is 1. The summed E-state index contributed by atoms with van der Waals surface area (Å²) < 4.78 is 0. The van der Waals surface area contributed by atoms with Gasteiger partial charge in [-0.1, -0.05) is 44.2 Å². The van der Waals surface area contributed by atoms with Crippen molar-refractivity contribution in [2.45, 2.75) is 39.2 Å². The van der Waals surface area contributed by atoms with E-state index in [-0.39, 0.29) is 30.3 Å². The van der Waals surface area contributed by atoms with Gasteiger partial charge in [0.15, 0.2) is 0 Å². The Morgan fingerprint density at radius 2 is 1.81 bits per heavy atom. The molecule has 2 N–H and O–H groups in total. The van der Waals surface area contributed by atoms with Crippen molar-refractivity contribution in [2.24, 2.45) is 17.6 Å². The second-order valence-corrected chi connectivity index (χ2v) is 6.23. The maximum Gasteiger partial charge on any atom is 0.239 e. The van der Waals surface area contributed by atoms with Gasteiger partial charge in [0.2, 0.25) is 5.91 Å². The second kappa shape index (κ2) is 8.40. The molecule has 1 amide bonds. The van der Waals surface area contributed by atoms with E-state index in [1.807, 2.05) is 18.7 Å². The van der Waals surface area contributed by atoms with Crippen LogP contribution in [-0.4, -0.2) is 29.9 Å². The Morgan fingerprint density at radius 1 is 1.24 bits per heavy atom. The number of carbonyl (C=O) groups excluding carboxylic acids is 1. The van der Waals surface area contributed by atoms with E-state index in [0.717, 1.165) is 32.4 Å². The maximum absolute atomic E-state index is 12.2. The first-order valence-electron chi connectivity index (χ1n) is 7.66. The lowest BCUT2D eigenvalue weighted by atomic mass is 9.89. The Balaban J connectivity index is 0.00000220. The van der Waals surface area contributed by atoms with Gasteiger partial charge in [0.25, 0.3) is 0 Å². The average Bonchev–Trinajstić information content (AvgIpc) is 2.47. The van der Waals surface area contributed by atoms with E-state index in [2.05, 4.69) is 30.3 Å². The number of hydrogen-bond donors (Lipinski definition) is 1. The summed E-state index contributed by atoms with van der Waals surface area (Å²) >= 11 is 0. The largest absolute Gasteiger partial charge is 0.341 e. The number of hydrogen-bond acceptors (Lipinski definition) is 2. The lowest BCUT2D eigenvalue weighted by Crippen LogP contribution is -2.49. The highest BCUT2D eigenvalue weighted by molar-refractivity contribution is 5.85. The molecule has 1 fully saturated rings. The fourth-order valence-corrected chi connectivity index (χ4v) is 2.80. The Kier molecular flexibility index (Phi) is 7.20. The van der Waals surface area contributed by atoms with E-state index in [4.69, 9.17) is 5.73 Å². The third kappa shape index (κ3) is 5.01. The van der Waals surface area contributed by atoms with Crippen LogP contribution in [-0.2, 0) is 11.2 Å². The first kappa shape index (κ1) is 18.0. The molecule has 0 spiro atoms. The van der Waals surface area contributed by atoms with E-state index in [1.165, 1.54) is 5.56 Å². The number of nitrogens with two attached hydrogens (primary N) is 1. The van der Waals surface area contributed by atoms with Crippen LogP contribution in [0.3, 0.4) is 0 Å². The summed E-state index contributed by atoms with van der Waals surface area (Å²) in [7, 11) is 0. The molecule has 1 aliphatic rings. The molecule has 0 saturated carbocycles. The van der Waals surface area contributed by atoms with Gasteiger partial charge in [-0.2, -0.15) is 0 Å². The van der Waals surface area contributed by atoms with Crippen molar-refractivity contribution >= 4 is 18.3 Å². The third-order valence-electron chi connectivity index (χ3n) is 4.30. The van der Waals surface area contributed by atoms with Gasteiger partial charge in [0.1, 0.15) is 0 Å². The van der Waals surface area contributed by atoms with E-state index >= 15 is 0 Å². The van der Waals surface area contributed by atoms with Crippen molar-refractivity contribution in [2.75, 3.05) is 13.1 Å². The first-order chi connectivity index (χ1) is 9.58. The summed E-state index contributed by atoms with van der Waals surface area (Å²) in [5, 5.41) is 0. The summed E-state index contributed by atoms with van der Waals surface area (Å²) in [5.41, 5.74) is 7.36. The average molecular weight is 311 g/mol. The van der Waals surface area contributed by atoms with Crippen LogP contribution < -0.4 is 5.73 Å².